The van der Waals surface area contributed by atoms with Gasteiger partial charge < -0.3 is 25.2 Å². The average Bonchev–Trinajstić information content (AvgIpc) is 2.27. The smallest absolute Gasteiger partial charge is 0.218 e. The Labute approximate surface area is 87.3 Å². The normalized spacial score (nSPS) is 21.5. The summed E-state index contributed by atoms with van der Waals surface area (Å²) in [5, 5.41) is 39.4. The molecule has 15 heavy (non-hydrogen) atoms. The molecular weight excluding hydrogens is 206 g/mol. The maximum absolute atomic E-state index is 10.2. The maximum Gasteiger partial charge on any atom is 0.218 e. The van der Waals surface area contributed by atoms with E-state index in [0.29, 0.717) is 0 Å². The monoisotopic (exact) mass is 223 g/mol. The van der Waals surface area contributed by atoms with Crippen molar-refractivity contribution in [3.8, 4) is 0 Å². The number of ether oxygens (including phenoxy) is 1. The molecule has 0 aromatic heterocycles. The molecule has 7 heteroatoms. The number of nitrogens with zero attached hydrogens (tertiary/aromatic N) is 1. The molecule has 5 atom stereocenters. The summed E-state index contributed by atoms with van der Waals surface area (Å²) in [6.45, 7) is 1.13. The molecule has 0 bridgehead atoms. The fraction of sp³-hybridized carbons (Fsp3) is 1.00. The van der Waals surface area contributed by atoms with E-state index in [4.69, 9.17) is 5.11 Å². The molecule has 0 fully saturated rings. The average molecular weight is 223 g/mol. The molecule has 7 nitrogen and oxygen atoms in total. The number of nitroso groups, excluding NO2 is 1. The number of hydrogen-bond acceptors (Lipinski definition) is 7. The highest BCUT2D eigenvalue weighted by atomic mass is 16.5. The zero-order chi connectivity index (χ0) is 12.0. The fourth-order valence-corrected chi connectivity index (χ4v) is 1.06. The van der Waals surface area contributed by atoms with E-state index in [1.165, 1.54) is 6.92 Å². The Bertz CT molecular complexity index is 190. The lowest BCUT2D eigenvalue weighted by Gasteiger charge is -2.27. The summed E-state index contributed by atoms with van der Waals surface area (Å²) in [6, 6.07) is 0. The molecule has 3 unspecified atom stereocenters. The van der Waals surface area contributed by atoms with Gasteiger partial charge >= 0.3 is 0 Å². The zero-order valence-electron chi connectivity index (χ0n) is 8.65. The Kier molecular flexibility index (Phi) is 6.53. The SMILES string of the molecule is CO[C@H](N=O)C(O)C(O)[C@@H](O)C(C)CO. The molecule has 0 saturated heterocycles. The molecule has 0 heterocycles. The predicted octanol–water partition coefficient (Wildman–Crippen LogP) is -1.56. The van der Waals surface area contributed by atoms with Crippen LogP contribution < -0.4 is 0 Å². The highest BCUT2D eigenvalue weighted by Gasteiger charge is 2.34. The molecular formula is C8H17NO6. The molecule has 0 aliphatic carbocycles. The molecule has 90 valence electrons. The van der Waals surface area contributed by atoms with E-state index < -0.39 is 30.5 Å². The first kappa shape index (κ1) is 14.4. The van der Waals surface area contributed by atoms with Gasteiger partial charge in [0.15, 0.2) is 0 Å². The van der Waals surface area contributed by atoms with Crippen molar-refractivity contribution in [2.75, 3.05) is 13.7 Å². The third-order valence-electron chi connectivity index (χ3n) is 2.21. The fourth-order valence-electron chi connectivity index (χ4n) is 1.06. The topological polar surface area (TPSA) is 120 Å². The molecule has 0 aliphatic heterocycles. The first-order chi connectivity index (χ1) is 6.99. The molecule has 0 saturated carbocycles. The Morgan fingerprint density at radius 3 is 2.07 bits per heavy atom. The largest absolute Gasteiger partial charge is 0.396 e. The van der Waals surface area contributed by atoms with Crippen LogP contribution >= 0.6 is 0 Å². The third kappa shape index (κ3) is 3.80. The van der Waals surface area contributed by atoms with Gasteiger partial charge in [0.1, 0.15) is 12.2 Å². The van der Waals surface area contributed by atoms with Gasteiger partial charge in [-0.25, -0.2) is 0 Å². The minimum atomic E-state index is -1.63. The minimum absolute atomic E-state index is 0.350. The van der Waals surface area contributed by atoms with Gasteiger partial charge in [-0.2, -0.15) is 0 Å². The molecule has 0 amide bonds. The van der Waals surface area contributed by atoms with Crippen molar-refractivity contribution in [3.05, 3.63) is 4.91 Å². The van der Waals surface area contributed by atoms with Crippen LogP contribution in [0.3, 0.4) is 0 Å². The van der Waals surface area contributed by atoms with Crippen molar-refractivity contribution in [1.82, 2.24) is 0 Å². The second-order valence-corrected chi connectivity index (χ2v) is 3.36. The molecule has 4 N–H and O–H groups in total. The predicted molar refractivity (Wildman–Crippen MR) is 50.9 cm³/mol. The van der Waals surface area contributed by atoms with Gasteiger partial charge in [-0.15, -0.1) is 4.91 Å². The van der Waals surface area contributed by atoms with Crippen LogP contribution in [0.5, 0.6) is 0 Å². The lowest BCUT2D eigenvalue weighted by atomic mass is 9.96. The van der Waals surface area contributed by atoms with E-state index in [1.54, 1.807) is 0 Å². The lowest BCUT2D eigenvalue weighted by molar-refractivity contribution is -0.126. The number of aliphatic hydroxyl groups excluding tert-OH is 4. The van der Waals surface area contributed by atoms with Gasteiger partial charge in [-0.05, 0) is 5.18 Å². The lowest BCUT2D eigenvalue weighted by Crippen LogP contribution is -2.47. The van der Waals surface area contributed by atoms with E-state index in [-0.39, 0.29) is 6.61 Å². The van der Waals surface area contributed by atoms with Gasteiger partial charge in [-0.1, -0.05) is 6.92 Å². The quantitative estimate of drug-likeness (QED) is 0.387. The Morgan fingerprint density at radius 2 is 1.73 bits per heavy atom. The van der Waals surface area contributed by atoms with Gasteiger partial charge in [0, 0.05) is 19.6 Å². The summed E-state index contributed by atoms with van der Waals surface area (Å²) in [4.78, 5) is 10.2. The molecule has 0 rings (SSSR count). The van der Waals surface area contributed by atoms with Crippen LogP contribution in [0, 0.1) is 10.8 Å². The van der Waals surface area contributed by atoms with Gasteiger partial charge in [0.2, 0.25) is 6.23 Å². The molecule has 0 aromatic rings. The van der Waals surface area contributed by atoms with Crippen LogP contribution in [0.25, 0.3) is 0 Å². The summed E-state index contributed by atoms with van der Waals surface area (Å²) in [5.41, 5.74) is 0. The number of aliphatic hydroxyl groups is 4. The van der Waals surface area contributed by atoms with Crippen LogP contribution in [0.1, 0.15) is 6.92 Å². The maximum atomic E-state index is 10.2. The number of methoxy groups -OCH3 is 1. The van der Waals surface area contributed by atoms with Crippen molar-refractivity contribution in [3.63, 3.8) is 0 Å². The third-order valence-corrected chi connectivity index (χ3v) is 2.21. The highest BCUT2D eigenvalue weighted by molar-refractivity contribution is 4.82. The van der Waals surface area contributed by atoms with Gasteiger partial charge in [0.05, 0.1) is 6.10 Å². The van der Waals surface area contributed by atoms with Gasteiger partial charge in [-0.3, -0.25) is 0 Å². The zero-order valence-corrected chi connectivity index (χ0v) is 8.65. The standard InChI is InChI=1S/C8H17NO6/c1-4(3-10)5(11)6(12)7(13)8(9-14)15-2/h4-8,10-13H,3H2,1-2H3/t4?,5-,6?,7?,8-/m0/s1. The van der Waals surface area contributed by atoms with Crippen LogP contribution in [-0.2, 0) is 4.74 Å². The van der Waals surface area contributed by atoms with E-state index in [2.05, 4.69) is 9.91 Å². The summed E-state index contributed by atoms with van der Waals surface area (Å²) in [5.74, 6) is -0.626. The second kappa shape index (κ2) is 6.81. The second-order valence-electron chi connectivity index (χ2n) is 3.36. The number of rotatable bonds is 7. The molecule has 0 radical (unpaired) electrons. The van der Waals surface area contributed by atoms with Crippen molar-refractivity contribution >= 4 is 0 Å². The van der Waals surface area contributed by atoms with Crippen LogP contribution in [0.2, 0.25) is 0 Å². The Hall–Kier alpha value is -0.600. The van der Waals surface area contributed by atoms with Crippen LogP contribution in [0.15, 0.2) is 5.18 Å². The molecule has 0 spiro atoms. The first-order valence-corrected chi connectivity index (χ1v) is 4.49. The van der Waals surface area contributed by atoms with Crippen molar-refractivity contribution in [2.45, 2.75) is 31.5 Å². The van der Waals surface area contributed by atoms with Crippen molar-refractivity contribution in [2.24, 2.45) is 11.1 Å². The van der Waals surface area contributed by atoms with Crippen LogP contribution in [0.4, 0.5) is 0 Å². The van der Waals surface area contributed by atoms with Crippen LogP contribution in [-0.4, -0.2) is 58.7 Å². The summed E-state index contributed by atoms with van der Waals surface area (Å²) >= 11 is 0. The Balaban J connectivity index is 4.40. The van der Waals surface area contributed by atoms with Crippen molar-refractivity contribution < 1.29 is 25.2 Å². The summed E-state index contributed by atoms with van der Waals surface area (Å²) < 4.78 is 4.48. The van der Waals surface area contributed by atoms with E-state index in [1.807, 2.05) is 0 Å². The van der Waals surface area contributed by atoms with E-state index >= 15 is 0 Å². The molecule has 0 aromatic carbocycles. The molecule has 0 aliphatic rings. The minimum Gasteiger partial charge on any atom is -0.396 e. The summed E-state index contributed by atoms with van der Waals surface area (Å²) in [7, 11) is 1.14. The van der Waals surface area contributed by atoms with E-state index in [9.17, 15) is 20.2 Å². The van der Waals surface area contributed by atoms with Crippen molar-refractivity contribution in [1.29, 1.82) is 0 Å². The van der Waals surface area contributed by atoms with E-state index in [0.717, 1.165) is 7.11 Å². The van der Waals surface area contributed by atoms with Gasteiger partial charge in [0.25, 0.3) is 0 Å². The first-order valence-electron chi connectivity index (χ1n) is 4.49. The Morgan fingerprint density at radius 1 is 1.20 bits per heavy atom. The highest BCUT2D eigenvalue weighted by Crippen LogP contribution is 2.14. The summed E-state index contributed by atoms with van der Waals surface area (Å²) in [6.07, 6.45) is -6.03. The number of hydrogen-bond donors (Lipinski definition) is 4.